The fourth-order valence-electron chi connectivity index (χ4n) is 9.12. The van der Waals surface area contributed by atoms with Gasteiger partial charge in [-0.05, 0) is 62.6 Å². The van der Waals surface area contributed by atoms with Crippen molar-refractivity contribution < 1.29 is 4.42 Å². The molecule has 53 heavy (non-hydrogen) atoms. The molecule has 0 aliphatic heterocycles. The molecule has 0 saturated carbocycles. The number of fused-ring (bicyclic) bond motifs is 13. The van der Waals surface area contributed by atoms with Crippen LogP contribution in [0.5, 0.6) is 0 Å². The van der Waals surface area contributed by atoms with E-state index in [0.29, 0.717) is 11.4 Å². The van der Waals surface area contributed by atoms with Crippen molar-refractivity contribution in [1.82, 2.24) is 14.5 Å². The topological polar surface area (TPSA) is 43.9 Å². The summed E-state index contributed by atoms with van der Waals surface area (Å²) in [5.41, 5.74) is 5.48. The molecule has 4 nitrogen and oxygen atoms in total. The number of aromatic nitrogens is 3. The number of para-hydroxylation sites is 2. The van der Waals surface area contributed by atoms with Crippen molar-refractivity contribution in [2.24, 2.45) is 0 Å². The molecule has 0 aliphatic carbocycles. The Kier molecular flexibility index (Phi) is 5.22. The van der Waals surface area contributed by atoms with E-state index in [1.165, 1.54) is 68.6 Å². The van der Waals surface area contributed by atoms with Crippen molar-refractivity contribution in [3.63, 3.8) is 0 Å². The van der Waals surface area contributed by atoms with E-state index in [1.54, 1.807) is 0 Å². The Morgan fingerprint density at radius 1 is 0.472 bits per heavy atom. The second-order valence-corrected chi connectivity index (χ2v) is 15.1. The lowest BCUT2D eigenvalue weighted by molar-refractivity contribution is 0.662. The van der Waals surface area contributed by atoms with Gasteiger partial charge in [0.2, 0.25) is 0 Å². The molecule has 9 aromatic carbocycles. The second kappa shape index (κ2) is 9.94. The summed E-state index contributed by atoms with van der Waals surface area (Å²) < 4.78 is 11.7. The highest BCUT2D eigenvalue weighted by molar-refractivity contribution is 7.27. The summed E-state index contributed by atoms with van der Waals surface area (Å²) >= 11 is 1.88. The lowest BCUT2D eigenvalue weighted by Crippen LogP contribution is -2.02. The summed E-state index contributed by atoms with van der Waals surface area (Å²) in [4.78, 5) is 11.0. The van der Waals surface area contributed by atoms with Gasteiger partial charge in [0.1, 0.15) is 11.1 Å². The average Bonchev–Trinajstić information content (AvgIpc) is 3.90. The first-order chi connectivity index (χ1) is 26.3. The van der Waals surface area contributed by atoms with E-state index in [-0.39, 0.29) is 0 Å². The molecule has 0 unspecified atom stereocenters. The largest absolute Gasteiger partial charge is 0.450 e. The van der Waals surface area contributed by atoms with E-state index in [2.05, 4.69) is 144 Å². The van der Waals surface area contributed by atoms with Crippen LogP contribution < -0.4 is 0 Å². The van der Waals surface area contributed by atoms with Crippen LogP contribution in [0.2, 0.25) is 0 Å². The molecule has 0 radical (unpaired) electrons. The van der Waals surface area contributed by atoms with E-state index in [1.807, 2.05) is 23.5 Å². The third-order valence-corrected chi connectivity index (χ3v) is 12.5. The molecular weight excluding hydrogens is 667 g/mol. The van der Waals surface area contributed by atoms with E-state index < -0.39 is 0 Å². The highest BCUT2D eigenvalue weighted by atomic mass is 32.1. The van der Waals surface area contributed by atoms with Gasteiger partial charge in [0.05, 0.1) is 11.0 Å². The minimum absolute atomic E-state index is 0.675. The Labute approximate surface area is 305 Å². The van der Waals surface area contributed by atoms with Gasteiger partial charge >= 0.3 is 0 Å². The predicted octanol–water partition coefficient (Wildman–Crippen LogP) is 13.6. The number of nitrogens with zero attached hydrogens (tertiary/aromatic N) is 3. The highest BCUT2D eigenvalue weighted by Gasteiger charge is 2.26. The molecule has 0 bridgehead atoms. The maximum atomic E-state index is 6.79. The lowest BCUT2D eigenvalue weighted by Gasteiger charge is -2.15. The first kappa shape index (κ1) is 27.8. The zero-order chi connectivity index (χ0) is 34.4. The molecular formula is C48H25N3OS. The molecule has 0 aliphatic rings. The molecule has 0 atom stereocenters. The lowest BCUT2D eigenvalue weighted by atomic mass is 9.92. The van der Waals surface area contributed by atoms with E-state index in [4.69, 9.17) is 14.4 Å². The van der Waals surface area contributed by atoms with Gasteiger partial charge < -0.3 is 4.42 Å². The Morgan fingerprint density at radius 2 is 1.15 bits per heavy atom. The van der Waals surface area contributed by atoms with Crippen LogP contribution in [0.3, 0.4) is 0 Å². The molecule has 0 amide bonds. The van der Waals surface area contributed by atoms with Crippen LogP contribution in [0.15, 0.2) is 156 Å². The van der Waals surface area contributed by atoms with Crippen molar-refractivity contribution in [2.45, 2.75) is 0 Å². The van der Waals surface area contributed by atoms with E-state index in [9.17, 15) is 0 Å². The SMILES string of the molecule is c1cc2ccc3ccc(-c4nc(-n5c6ccccc6c6c7c8ccccc8sc7c7ccccc7c65)c5oc6ccccc6c5n4)c4ccc(c1)c2c34. The third-order valence-electron chi connectivity index (χ3n) is 11.3. The first-order valence-electron chi connectivity index (χ1n) is 17.9. The maximum absolute atomic E-state index is 6.79. The van der Waals surface area contributed by atoms with Crippen LogP contribution in [-0.2, 0) is 0 Å². The highest BCUT2D eigenvalue weighted by Crippen LogP contribution is 2.49. The summed E-state index contributed by atoms with van der Waals surface area (Å²) in [7, 11) is 0. The molecule has 0 fully saturated rings. The standard InChI is InChI=1S/C48H25N3OS/c1-2-13-31-30(12-1)44-41(42-35-16-5-8-19-38(35)53-46(31)42)33-14-3-6-17-36(33)51(44)48-45-43(34-15-4-7-18-37(34)52-45)49-47(50-48)32-25-23-28-21-20-26-10-9-11-27-22-24-29(32)40(28)39(26)27/h1-25H. The summed E-state index contributed by atoms with van der Waals surface area (Å²) in [5, 5.41) is 15.7. The molecule has 4 heterocycles. The van der Waals surface area contributed by atoms with E-state index >= 15 is 0 Å². The Morgan fingerprint density at radius 3 is 2.02 bits per heavy atom. The number of furan rings is 1. The molecule has 0 N–H and O–H groups in total. The van der Waals surface area contributed by atoms with Crippen molar-refractivity contribution in [1.29, 1.82) is 0 Å². The number of benzene rings is 9. The minimum atomic E-state index is 0.675. The third kappa shape index (κ3) is 3.54. The summed E-state index contributed by atoms with van der Waals surface area (Å²) in [6.07, 6.45) is 0. The summed E-state index contributed by atoms with van der Waals surface area (Å²) in [5.74, 6) is 1.41. The number of hydrogen-bond acceptors (Lipinski definition) is 4. The smallest absolute Gasteiger partial charge is 0.197 e. The van der Waals surface area contributed by atoms with Gasteiger partial charge in [-0.25, -0.2) is 9.97 Å². The van der Waals surface area contributed by atoms with Gasteiger partial charge in [0, 0.05) is 52.7 Å². The van der Waals surface area contributed by atoms with Gasteiger partial charge in [-0.3, -0.25) is 4.57 Å². The van der Waals surface area contributed by atoms with Crippen molar-refractivity contribution in [2.75, 3.05) is 0 Å². The van der Waals surface area contributed by atoms with Crippen LogP contribution in [-0.4, -0.2) is 14.5 Å². The number of hydrogen-bond donors (Lipinski definition) is 0. The molecule has 0 saturated heterocycles. The molecule has 0 spiro atoms. The number of thiophene rings is 1. The van der Waals surface area contributed by atoms with Gasteiger partial charge in [0.25, 0.3) is 0 Å². The van der Waals surface area contributed by atoms with Crippen LogP contribution in [0.4, 0.5) is 0 Å². The zero-order valence-corrected chi connectivity index (χ0v) is 28.9. The summed E-state index contributed by atoms with van der Waals surface area (Å²) in [6, 6.07) is 54.5. The average molecular weight is 692 g/mol. The quantitative estimate of drug-likeness (QED) is 0.170. The van der Waals surface area contributed by atoms with Crippen LogP contribution in [0, 0.1) is 0 Å². The molecule has 13 rings (SSSR count). The summed E-state index contributed by atoms with van der Waals surface area (Å²) in [6.45, 7) is 0. The maximum Gasteiger partial charge on any atom is 0.197 e. The zero-order valence-electron chi connectivity index (χ0n) is 28.1. The van der Waals surface area contributed by atoms with Gasteiger partial charge in [-0.2, -0.15) is 0 Å². The second-order valence-electron chi connectivity index (χ2n) is 14.0. The predicted molar refractivity (Wildman–Crippen MR) is 223 cm³/mol. The van der Waals surface area contributed by atoms with Gasteiger partial charge in [-0.1, -0.05) is 121 Å². The van der Waals surface area contributed by atoms with Crippen LogP contribution in [0.25, 0.3) is 124 Å². The van der Waals surface area contributed by atoms with Crippen LogP contribution in [0.1, 0.15) is 0 Å². The molecule has 5 heteroatoms. The Hall–Kier alpha value is -6.82. The minimum Gasteiger partial charge on any atom is -0.450 e. The molecule has 4 aromatic heterocycles. The van der Waals surface area contributed by atoms with Gasteiger partial charge in [0.15, 0.2) is 17.2 Å². The monoisotopic (exact) mass is 691 g/mol. The van der Waals surface area contributed by atoms with Gasteiger partial charge in [-0.15, -0.1) is 11.3 Å². The molecule has 13 aromatic rings. The normalized spacial score (nSPS) is 12.5. The first-order valence-corrected chi connectivity index (χ1v) is 18.7. The van der Waals surface area contributed by atoms with Crippen molar-refractivity contribution in [3.05, 3.63) is 152 Å². The van der Waals surface area contributed by atoms with E-state index in [0.717, 1.165) is 44.3 Å². The number of rotatable bonds is 2. The van der Waals surface area contributed by atoms with Crippen molar-refractivity contribution >= 4 is 118 Å². The van der Waals surface area contributed by atoms with Crippen molar-refractivity contribution in [3.8, 4) is 17.2 Å². The Balaban J connectivity index is 1.24. The Bertz CT molecular complexity index is 3680. The fourth-order valence-corrected chi connectivity index (χ4v) is 10.4. The molecule has 244 valence electrons. The fraction of sp³-hybridized carbons (Fsp3) is 0. The van der Waals surface area contributed by atoms with Crippen LogP contribution >= 0.6 is 11.3 Å².